The van der Waals surface area contributed by atoms with Crippen LogP contribution in [0.15, 0.2) is 90.2 Å². The van der Waals surface area contributed by atoms with Crippen molar-refractivity contribution in [1.29, 1.82) is 0 Å². The molecule has 2 N–H and O–H groups in total. The van der Waals surface area contributed by atoms with Crippen LogP contribution < -0.4 is 10.2 Å². The molecule has 0 saturated carbocycles. The van der Waals surface area contributed by atoms with Crippen LogP contribution in [0.2, 0.25) is 0 Å². The molecule has 0 bridgehead atoms. The van der Waals surface area contributed by atoms with Gasteiger partial charge in [0.05, 0.1) is 19.0 Å². The molecule has 0 radical (unpaired) electrons. The number of phenolic OH excluding ortho intramolecular Hbond substituents is 1. The minimum absolute atomic E-state index is 0.0949. The lowest BCUT2D eigenvalue weighted by Gasteiger charge is -2.03. The first kappa shape index (κ1) is 19.9. The van der Waals surface area contributed by atoms with E-state index in [4.69, 9.17) is 9.84 Å². The van der Waals surface area contributed by atoms with Gasteiger partial charge in [-0.2, -0.15) is 10.2 Å². The molecule has 7 heteroatoms. The number of nitrogens with one attached hydrogen (secondary N) is 1. The number of methoxy groups -OCH3 is 1. The molecule has 0 aliphatic heterocycles. The zero-order valence-electron chi connectivity index (χ0n) is 16.8. The molecule has 0 aliphatic rings. The maximum Gasteiger partial charge on any atom is 0.271 e. The van der Waals surface area contributed by atoms with E-state index in [9.17, 15) is 9.90 Å². The van der Waals surface area contributed by atoms with E-state index >= 15 is 0 Å². The van der Waals surface area contributed by atoms with Crippen LogP contribution in [0.1, 0.15) is 15.9 Å². The van der Waals surface area contributed by atoms with Gasteiger partial charge in [0, 0.05) is 22.9 Å². The topological polar surface area (TPSA) is 88.7 Å². The summed E-state index contributed by atoms with van der Waals surface area (Å²) >= 11 is 0. The number of rotatable bonds is 6. The molecule has 0 fully saturated rings. The van der Waals surface area contributed by atoms with Crippen LogP contribution in [0.4, 0.5) is 0 Å². The number of para-hydroxylation sites is 1. The quantitative estimate of drug-likeness (QED) is 0.370. The van der Waals surface area contributed by atoms with E-state index in [1.54, 1.807) is 18.0 Å². The van der Waals surface area contributed by atoms with Gasteiger partial charge < -0.3 is 9.84 Å². The summed E-state index contributed by atoms with van der Waals surface area (Å²) in [4.78, 5) is 12.3. The molecule has 4 rings (SSSR count). The van der Waals surface area contributed by atoms with Crippen molar-refractivity contribution in [2.24, 2.45) is 5.10 Å². The normalized spacial score (nSPS) is 10.9. The molecule has 31 heavy (non-hydrogen) atoms. The number of benzene rings is 3. The zero-order valence-corrected chi connectivity index (χ0v) is 16.8. The van der Waals surface area contributed by atoms with Gasteiger partial charge in [-0.05, 0) is 60.7 Å². The van der Waals surface area contributed by atoms with Gasteiger partial charge >= 0.3 is 0 Å². The highest BCUT2D eigenvalue weighted by Gasteiger charge is 2.12. The number of phenols is 1. The van der Waals surface area contributed by atoms with Crippen LogP contribution in [0.3, 0.4) is 0 Å². The fourth-order valence-corrected chi connectivity index (χ4v) is 3.01. The molecule has 3 aromatic carbocycles. The van der Waals surface area contributed by atoms with Crippen LogP contribution in [-0.4, -0.2) is 34.1 Å². The third-order valence-corrected chi connectivity index (χ3v) is 4.63. The summed E-state index contributed by atoms with van der Waals surface area (Å²) in [5.74, 6) is 0.470. The van der Waals surface area contributed by atoms with Gasteiger partial charge in [-0.25, -0.2) is 10.1 Å². The van der Waals surface area contributed by atoms with E-state index in [0.29, 0.717) is 11.3 Å². The summed E-state index contributed by atoms with van der Waals surface area (Å²) in [6, 6.07) is 23.3. The van der Waals surface area contributed by atoms with Crippen LogP contribution in [-0.2, 0) is 0 Å². The maximum absolute atomic E-state index is 12.3. The number of carbonyl (C=O) groups is 1. The van der Waals surface area contributed by atoms with E-state index in [1.807, 2.05) is 60.8 Å². The molecule has 0 atom stereocenters. The van der Waals surface area contributed by atoms with Crippen molar-refractivity contribution >= 4 is 12.1 Å². The Hall–Kier alpha value is -4.39. The van der Waals surface area contributed by atoms with E-state index in [1.165, 1.54) is 24.3 Å². The highest BCUT2D eigenvalue weighted by Crippen LogP contribution is 2.25. The van der Waals surface area contributed by atoms with Gasteiger partial charge in [0.25, 0.3) is 5.91 Å². The van der Waals surface area contributed by atoms with Gasteiger partial charge in [0.2, 0.25) is 0 Å². The van der Waals surface area contributed by atoms with E-state index < -0.39 is 0 Å². The maximum atomic E-state index is 12.3. The average Bonchev–Trinajstić information content (AvgIpc) is 3.24. The lowest BCUT2D eigenvalue weighted by atomic mass is 10.1. The van der Waals surface area contributed by atoms with E-state index in [0.717, 1.165) is 22.6 Å². The predicted octanol–water partition coefficient (Wildman–Crippen LogP) is 4.02. The van der Waals surface area contributed by atoms with Gasteiger partial charge in [0.1, 0.15) is 17.2 Å². The monoisotopic (exact) mass is 412 g/mol. The Bertz CT molecular complexity index is 1200. The molecule has 4 aromatic rings. The van der Waals surface area contributed by atoms with Crippen molar-refractivity contribution in [2.45, 2.75) is 0 Å². The van der Waals surface area contributed by atoms with Crippen molar-refractivity contribution in [3.63, 3.8) is 0 Å². The van der Waals surface area contributed by atoms with Crippen molar-refractivity contribution in [1.82, 2.24) is 15.2 Å². The van der Waals surface area contributed by atoms with Crippen molar-refractivity contribution in [3.8, 4) is 28.4 Å². The molecule has 154 valence electrons. The number of hydrazone groups is 1. The Balaban J connectivity index is 1.63. The smallest absolute Gasteiger partial charge is 0.271 e. The second-order valence-corrected chi connectivity index (χ2v) is 6.69. The number of hydrogen-bond donors (Lipinski definition) is 2. The molecular formula is C24H20N4O3. The Morgan fingerprint density at radius 2 is 1.74 bits per heavy atom. The first-order chi connectivity index (χ1) is 15.1. The first-order valence-electron chi connectivity index (χ1n) is 9.56. The molecule has 1 amide bonds. The molecule has 0 unspecified atom stereocenters. The number of aromatic hydroxyl groups is 1. The van der Waals surface area contributed by atoms with Crippen molar-refractivity contribution < 1.29 is 14.6 Å². The first-order valence-corrected chi connectivity index (χ1v) is 9.56. The molecule has 0 spiro atoms. The standard InChI is InChI=1S/C24H20N4O3/c1-31-22-13-9-17(10-14-22)23-19(16-28(27-23)20-5-3-2-4-6-20)15-25-26-24(30)18-7-11-21(29)12-8-18/h2-16,29H,1H3,(H,26,30). The third-order valence-electron chi connectivity index (χ3n) is 4.63. The second-order valence-electron chi connectivity index (χ2n) is 6.69. The largest absolute Gasteiger partial charge is 0.508 e. The van der Waals surface area contributed by atoms with Gasteiger partial charge in [0.15, 0.2) is 0 Å². The number of aromatic nitrogens is 2. The number of hydrogen-bond acceptors (Lipinski definition) is 5. The minimum Gasteiger partial charge on any atom is -0.508 e. The zero-order chi connectivity index (χ0) is 21.6. The third kappa shape index (κ3) is 4.62. The molecule has 0 aliphatic carbocycles. The molecule has 1 aromatic heterocycles. The number of nitrogens with zero attached hydrogens (tertiary/aromatic N) is 3. The highest BCUT2D eigenvalue weighted by atomic mass is 16.5. The molecule has 0 saturated heterocycles. The van der Waals surface area contributed by atoms with Gasteiger partial charge in [-0.1, -0.05) is 18.2 Å². The highest BCUT2D eigenvalue weighted by molar-refractivity contribution is 5.95. The van der Waals surface area contributed by atoms with Crippen LogP contribution >= 0.6 is 0 Å². The second kappa shape index (κ2) is 8.96. The van der Waals surface area contributed by atoms with Crippen molar-refractivity contribution in [2.75, 3.05) is 7.11 Å². The fourth-order valence-electron chi connectivity index (χ4n) is 3.01. The Kier molecular flexibility index (Phi) is 5.75. The Labute approximate surface area is 179 Å². The Morgan fingerprint density at radius 3 is 2.42 bits per heavy atom. The number of carbonyl (C=O) groups excluding carboxylic acids is 1. The van der Waals surface area contributed by atoms with Gasteiger partial charge in [-0.3, -0.25) is 4.79 Å². The SMILES string of the molecule is COc1ccc(-c2nn(-c3ccccc3)cc2C=NNC(=O)c2ccc(O)cc2)cc1. The van der Waals surface area contributed by atoms with Gasteiger partial charge in [-0.15, -0.1) is 0 Å². The van der Waals surface area contributed by atoms with E-state index in [2.05, 4.69) is 10.5 Å². The average molecular weight is 412 g/mol. The fraction of sp³-hybridized carbons (Fsp3) is 0.0417. The summed E-state index contributed by atoms with van der Waals surface area (Å²) in [7, 11) is 1.62. The lowest BCUT2D eigenvalue weighted by Crippen LogP contribution is -2.17. The molecule has 1 heterocycles. The summed E-state index contributed by atoms with van der Waals surface area (Å²) in [6.07, 6.45) is 3.41. The summed E-state index contributed by atoms with van der Waals surface area (Å²) in [6.45, 7) is 0. The molecule has 7 nitrogen and oxygen atoms in total. The Morgan fingerprint density at radius 1 is 1.03 bits per heavy atom. The van der Waals surface area contributed by atoms with Crippen molar-refractivity contribution in [3.05, 3.63) is 96.2 Å². The molecular weight excluding hydrogens is 392 g/mol. The van der Waals surface area contributed by atoms with Crippen LogP contribution in [0.25, 0.3) is 16.9 Å². The summed E-state index contributed by atoms with van der Waals surface area (Å²) in [5, 5.41) is 18.2. The predicted molar refractivity (Wildman–Crippen MR) is 119 cm³/mol. The summed E-state index contributed by atoms with van der Waals surface area (Å²) < 4.78 is 7.00. The van der Waals surface area contributed by atoms with E-state index in [-0.39, 0.29) is 11.7 Å². The lowest BCUT2D eigenvalue weighted by molar-refractivity contribution is 0.0955. The minimum atomic E-state index is -0.377. The number of amides is 1. The van der Waals surface area contributed by atoms with Crippen LogP contribution in [0.5, 0.6) is 11.5 Å². The summed E-state index contributed by atoms with van der Waals surface area (Å²) in [5.41, 5.74) is 6.15. The van der Waals surface area contributed by atoms with Crippen LogP contribution in [0, 0.1) is 0 Å². The number of ether oxygens (including phenoxy) is 1.